The Morgan fingerprint density at radius 2 is 1.73 bits per heavy atom. The van der Waals surface area contributed by atoms with E-state index in [1.165, 1.54) is 0 Å². The first-order valence-electron chi connectivity index (χ1n) is 10.3. The van der Waals surface area contributed by atoms with Gasteiger partial charge in [0, 0.05) is 47.1 Å². The fourth-order valence-electron chi connectivity index (χ4n) is 3.29. The molecule has 0 N–H and O–H groups in total. The number of carbonyl (C=O) groups excluding carboxylic acids is 2. The first-order chi connectivity index (χ1) is 14.1. The van der Waals surface area contributed by atoms with Crippen molar-refractivity contribution in [3.63, 3.8) is 0 Å². The van der Waals surface area contributed by atoms with E-state index >= 15 is 0 Å². The van der Waals surface area contributed by atoms with Gasteiger partial charge in [0.25, 0.3) is 5.91 Å². The third kappa shape index (κ3) is 6.51. The van der Waals surface area contributed by atoms with Gasteiger partial charge in [-0.05, 0) is 49.6 Å². The van der Waals surface area contributed by atoms with Crippen molar-refractivity contribution in [2.24, 2.45) is 13.0 Å². The van der Waals surface area contributed by atoms with Gasteiger partial charge >= 0.3 is 0 Å². The van der Waals surface area contributed by atoms with E-state index in [1.54, 1.807) is 23.1 Å². The average Bonchev–Trinajstić information content (AvgIpc) is 3.07. The Bertz CT molecular complexity index is 859. The zero-order valence-corrected chi connectivity index (χ0v) is 19.9. The zero-order valence-electron chi connectivity index (χ0n) is 18.4. The smallest absolute Gasteiger partial charge is 0.254 e. The van der Waals surface area contributed by atoms with Crippen LogP contribution in [0.2, 0.25) is 10.0 Å². The summed E-state index contributed by atoms with van der Waals surface area (Å²) >= 11 is 12.2. The summed E-state index contributed by atoms with van der Waals surface area (Å²) in [7, 11) is 1.96. The van der Waals surface area contributed by atoms with Crippen molar-refractivity contribution in [3.8, 4) is 0 Å². The molecular formula is C23H31Cl2N3O2. The minimum absolute atomic E-state index is 0.00904. The van der Waals surface area contributed by atoms with E-state index in [9.17, 15) is 9.59 Å². The number of nitrogens with zero attached hydrogens (tertiary/aromatic N) is 3. The molecule has 0 aliphatic rings. The van der Waals surface area contributed by atoms with Gasteiger partial charge in [0.05, 0.1) is 6.54 Å². The molecular weight excluding hydrogens is 421 g/mol. The van der Waals surface area contributed by atoms with Crippen LogP contribution in [0, 0.1) is 5.92 Å². The van der Waals surface area contributed by atoms with Crippen LogP contribution in [0.25, 0.3) is 0 Å². The lowest BCUT2D eigenvalue weighted by atomic mass is 10.1. The molecule has 2 amide bonds. The summed E-state index contributed by atoms with van der Waals surface area (Å²) in [5.41, 5.74) is 1.44. The van der Waals surface area contributed by atoms with E-state index in [-0.39, 0.29) is 24.4 Å². The molecule has 1 atom stereocenters. The lowest BCUT2D eigenvalue weighted by Crippen LogP contribution is -2.47. The van der Waals surface area contributed by atoms with Gasteiger partial charge in [-0.25, -0.2) is 0 Å². The van der Waals surface area contributed by atoms with Crippen molar-refractivity contribution in [1.82, 2.24) is 14.4 Å². The molecule has 1 heterocycles. The topological polar surface area (TPSA) is 45.6 Å². The maximum absolute atomic E-state index is 13.3. The quantitative estimate of drug-likeness (QED) is 0.521. The molecule has 0 radical (unpaired) electrons. The second-order valence-corrected chi connectivity index (χ2v) is 9.00. The molecule has 0 saturated heterocycles. The molecule has 5 nitrogen and oxygen atoms in total. The maximum atomic E-state index is 13.3. The highest BCUT2D eigenvalue weighted by atomic mass is 35.5. The minimum atomic E-state index is -0.245. The number of benzene rings is 1. The van der Waals surface area contributed by atoms with Gasteiger partial charge in [0.2, 0.25) is 5.91 Å². The SMILES string of the molecule is CCC(C)N(CC(=O)N(Cc1cccn1C)CC(C)C)C(=O)c1cc(Cl)cc(Cl)c1. The van der Waals surface area contributed by atoms with Crippen LogP contribution >= 0.6 is 23.2 Å². The summed E-state index contributed by atoms with van der Waals surface area (Å²) in [5.74, 6) is -0.00848. The number of aromatic nitrogens is 1. The lowest BCUT2D eigenvalue weighted by Gasteiger charge is -2.32. The Kier molecular flexibility index (Phi) is 8.80. The molecule has 0 bridgehead atoms. The summed E-state index contributed by atoms with van der Waals surface area (Å²) in [5, 5.41) is 0.790. The average molecular weight is 452 g/mol. The summed E-state index contributed by atoms with van der Waals surface area (Å²) in [6, 6.07) is 8.63. The van der Waals surface area contributed by atoms with Crippen molar-refractivity contribution in [2.75, 3.05) is 13.1 Å². The Morgan fingerprint density at radius 3 is 2.23 bits per heavy atom. The predicted octanol–water partition coefficient (Wildman–Crippen LogP) is 5.26. The first-order valence-corrected chi connectivity index (χ1v) is 11.0. The van der Waals surface area contributed by atoms with Crippen LogP contribution in [0.4, 0.5) is 0 Å². The Labute approximate surface area is 189 Å². The molecule has 0 spiro atoms. The molecule has 7 heteroatoms. The van der Waals surface area contributed by atoms with Crippen LogP contribution in [0.5, 0.6) is 0 Å². The van der Waals surface area contributed by atoms with Crippen LogP contribution in [0.3, 0.4) is 0 Å². The van der Waals surface area contributed by atoms with Crippen molar-refractivity contribution in [3.05, 3.63) is 57.8 Å². The largest absolute Gasteiger partial charge is 0.353 e. The fraction of sp³-hybridized carbons (Fsp3) is 0.478. The van der Waals surface area contributed by atoms with Gasteiger partial charge in [-0.15, -0.1) is 0 Å². The van der Waals surface area contributed by atoms with E-state index < -0.39 is 0 Å². The number of halogens is 2. The van der Waals surface area contributed by atoms with E-state index in [4.69, 9.17) is 23.2 Å². The van der Waals surface area contributed by atoms with Crippen LogP contribution in [0.1, 0.15) is 50.2 Å². The molecule has 2 aromatic rings. The summed E-state index contributed by atoms with van der Waals surface area (Å²) in [4.78, 5) is 30.0. The summed E-state index contributed by atoms with van der Waals surface area (Å²) in [6.07, 6.45) is 2.69. The third-order valence-electron chi connectivity index (χ3n) is 5.14. The van der Waals surface area contributed by atoms with Crippen LogP contribution in [-0.2, 0) is 18.4 Å². The number of hydrogen-bond donors (Lipinski definition) is 0. The second kappa shape index (κ2) is 10.9. The van der Waals surface area contributed by atoms with Crippen LogP contribution in [-0.4, -0.2) is 45.3 Å². The molecule has 1 aromatic heterocycles. The predicted molar refractivity (Wildman–Crippen MR) is 123 cm³/mol. The van der Waals surface area contributed by atoms with E-state index in [2.05, 4.69) is 13.8 Å². The Morgan fingerprint density at radius 1 is 1.10 bits per heavy atom. The van der Waals surface area contributed by atoms with E-state index in [1.807, 2.05) is 48.7 Å². The standard InChI is InChI=1S/C23H31Cl2N3O2/c1-6-17(4)28(23(30)18-10-19(24)12-20(25)11-18)15-22(29)27(13-16(2)3)14-21-8-7-9-26(21)5/h7-12,16-17H,6,13-15H2,1-5H3. The molecule has 0 aliphatic heterocycles. The Hall–Kier alpha value is -1.98. The molecule has 0 fully saturated rings. The first kappa shape index (κ1) is 24.3. The van der Waals surface area contributed by atoms with Gasteiger partial charge in [0.15, 0.2) is 0 Å². The molecule has 2 rings (SSSR count). The Balaban J connectivity index is 2.26. The van der Waals surface area contributed by atoms with E-state index in [0.717, 1.165) is 12.1 Å². The highest BCUT2D eigenvalue weighted by molar-refractivity contribution is 6.35. The second-order valence-electron chi connectivity index (χ2n) is 8.13. The number of rotatable bonds is 9. The number of aryl methyl sites for hydroxylation is 1. The van der Waals surface area contributed by atoms with Gasteiger partial charge in [-0.3, -0.25) is 9.59 Å². The summed E-state index contributed by atoms with van der Waals surface area (Å²) in [6.45, 7) is 9.24. The van der Waals surface area contributed by atoms with Gasteiger partial charge < -0.3 is 14.4 Å². The highest BCUT2D eigenvalue weighted by Gasteiger charge is 2.26. The van der Waals surface area contributed by atoms with Gasteiger partial charge in [-0.1, -0.05) is 44.0 Å². The molecule has 1 unspecified atom stereocenters. The fourth-order valence-corrected chi connectivity index (χ4v) is 3.81. The van der Waals surface area contributed by atoms with Crippen molar-refractivity contribution < 1.29 is 9.59 Å². The van der Waals surface area contributed by atoms with Crippen molar-refractivity contribution in [2.45, 2.75) is 46.7 Å². The molecule has 0 aliphatic carbocycles. The number of carbonyl (C=O) groups is 2. The zero-order chi connectivity index (χ0) is 22.4. The molecule has 1 aromatic carbocycles. The van der Waals surface area contributed by atoms with Crippen molar-refractivity contribution >= 4 is 35.0 Å². The van der Waals surface area contributed by atoms with Crippen LogP contribution < -0.4 is 0 Å². The monoisotopic (exact) mass is 451 g/mol. The summed E-state index contributed by atoms with van der Waals surface area (Å²) < 4.78 is 2.01. The van der Waals surface area contributed by atoms with Gasteiger partial charge in [0.1, 0.15) is 6.54 Å². The minimum Gasteiger partial charge on any atom is -0.353 e. The normalized spacial score (nSPS) is 12.1. The lowest BCUT2D eigenvalue weighted by molar-refractivity contribution is -0.133. The molecule has 0 saturated carbocycles. The van der Waals surface area contributed by atoms with E-state index in [0.29, 0.717) is 34.6 Å². The maximum Gasteiger partial charge on any atom is 0.254 e. The highest BCUT2D eigenvalue weighted by Crippen LogP contribution is 2.21. The third-order valence-corrected chi connectivity index (χ3v) is 5.58. The molecule has 30 heavy (non-hydrogen) atoms. The number of hydrogen-bond acceptors (Lipinski definition) is 2. The van der Waals surface area contributed by atoms with Gasteiger partial charge in [-0.2, -0.15) is 0 Å². The van der Waals surface area contributed by atoms with Crippen molar-refractivity contribution in [1.29, 1.82) is 0 Å². The number of amides is 2. The molecule has 164 valence electrons. The van der Waals surface area contributed by atoms with Crippen LogP contribution in [0.15, 0.2) is 36.5 Å².